The molecule has 3 heteroatoms. The normalized spacial score (nSPS) is 12.4. The molecule has 1 aliphatic heterocycles. The topological polar surface area (TPSA) is 21.3 Å². The molecule has 0 bridgehead atoms. The van der Waals surface area contributed by atoms with Gasteiger partial charge < -0.3 is 4.42 Å². The predicted molar refractivity (Wildman–Crippen MR) is 205 cm³/mol. The van der Waals surface area contributed by atoms with E-state index in [0.717, 1.165) is 50.3 Å². The third-order valence-corrected chi connectivity index (χ3v) is 10.3. The fraction of sp³-hybridized carbons (Fsp3) is 0. The summed E-state index contributed by atoms with van der Waals surface area (Å²) in [7, 11) is 0. The van der Waals surface area contributed by atoms with Gasteiger partial charge in [-0.1, -0.05) is 133 Å². The lowest BCUT2D eigenvalue weighted by molar-refractivity contribution is 0.670. The summed E-state index contributed by atoms with van der Waals surface area (Å²) in [6.45, 7) is 0. The number of benzene rings is 8. The Morgan fingerprint density at radius 2 is 1.10 bits per heavy atom. The molecule has 0 radical (unpaired) electrons. The van der Waals surface area contributed by atoms with Gasteiger partial charge in [-0.25, -0.2) is 0 Å². The molecule has 0 spiro atoms. The van der Waals surface area contributed by atoms with Gasteiger partial charge in [-0.15, -0.1) is 0 Å². The summed E-state index contributed by atoms with van der Waals surface area (Å²) in [4.78, 5) is 2.45. The summed E-state index contributed by atoms with van der Waals surface area (Å²) in [6, 6.07) is 61.5. The van der Waals surface area contributed by atoms with E-state index < -0.39 is 0 Å². The highest BCUT2D eigenvalue weighted by Crippen LogP contribution is 2.51. The first kappa shape index (κ1) is 26.5. The summed E-state index contributed by atoms with van der Waals surface area (Å²) < 4.78 is 8.99. The van der Waals surface area contributed by atoms with Crippen LogP contribution in [0.5, 0.6) is 0 Å². The molecule has 0 aliphatic carbocycles. The van der Waals surface area contributed by atoms with E-state index in [2.05, 4.69) is 167 Å². The van der Waals surface area contributed by atoms with Gasteiger partial charge in [0.15, 0.2) is 0 Å². The fourth-order valence-corrected chi connectivity index (χ4v) is 8.16. The van der Waals surface area contributed by atoms with Gasteiger partial charge >= 0.3 is 0 Å². The summed E-state index contributed by atoms with van der Waals surface area (Å²) in [5, 5.41) is 8.42. The van der Waals surface area contributed by atoms with E-state index >= 15 is 0 Å². The number of hydrogen-bond donors (Lipinski definition) is 0. The van der Waals surface area contributed by atoms with Crippen molar-refractivity contribution in [3.05, 3.63) is 170 Å². The molecule has 2 aromatic heterocycles. The molecular weight excluding hydrogens is 597 g/mol. The zero-order valence-electron chi connectivity index (χ0n) is 26.5. The Morgan fingerprint density at radius 1 is 0.429 bits per heavy atom. The van der Waals surface area contributed by atoms with E-state index in [0.29, 0.717) is 0 Å². The van der Waals surface area contributed by atoms with E-state index in [9.17, 15) is 0 Å². The van der Waals surface area contributed by atoms with Crippen molar-refractivity contribution in [2.24, 2.45) is 0 Å². The molecule has 0 amide bonds. The molecule has 3 heterocycles. The minimum Gasteiger partial charge on any atom is -0.455 e. The van der Waals surface area contributed by atoms with Crippen LogP contribution in [0.25, 0.3) is 82.3 Å². The number of fused-ring (bicyclic) bond motifs is 14. The molecule has 0 saturated heterocycles. The maximum absolute atomic E-state index is 6.50. The van der Waals surface area contributed by atoms with Crippen molar-refractivity contribution < 1.29 is 4.42 Å². The van der Waals surface area contributed by atoms with Crippen LogP contribution in [0.15, 0.2) is 174 Å². The van der Waals surface area contributed by atoms with E-state index in [1.807, 2.05) is 12.1 Å². The lowest BCUT2D eigenvalue weighted by Gasteiger charge is -2.26. The van der Waals surface area contributed by atoms with E-state index in [-0.39, 0.29) is 0 Å². The Kier molecular flexibility index (Phi) is 5.38. The molecule has 0 N–H and O–H groups in total. The van der Waals surface area contributed by atoms with Crippen molar-refractivity contribution >= 4 is 71.6 Å². The zero-order chi connectivity index (χ0) is 32.1. The first-order valence-electron chi connectivity index (χ1n) is 16.8. The summed E-state index contributed by atoms with van der Waals surface area (Å²) in [5.41, 5.74) is 11.1. The highest BCUT2D eigenvalue weighted by molar-refractivity contribution is 6.14. The Bertz CT molecular complexity index is 2960. The number of hydrogen-bond acceptors (Lipinski definition) is 2. The van der Waals surface area contributed by atoms with Crippen molar-refractivity contribution in [1.29, 1.82) is 0 Å². The van der Waals surface area contributed by atoms with Crippen LogP contribution in [-0.2, 0) is 0 Å². The Labute approximate surface area is 282 Å². The van der Waals surface area contributed by atoms with Crippen LogP contribution >= 0.6 is 0 Å². The van der Waals surface area contributed by atoms with Gasteiger partial charge in [-0.3, -0.25) is 9.47 Å². The number of nitrogens with zero attached hydrogens (tertiary/aromatic N) is 2. The Balaban J connectivity index is 1.24. The van der Waals surface area contributed by atoms with Crippen LogP contribution in [0.1, 0.15) is 0 Å². The van der Waals surface area contributed by atoms with Gasteiger partial charge in [-0.05, 0) is 58.1 Å². The minimum absolute atomic E-state index is 0.907. The van der Waals surface area contributed by atoms with E-state index in [1.165, 1.54) is 49.3 Å². The third-order valence-electron chi connectivity index (χ3n) is 10.3. The van der Waals surface area contributed by atoms with Gasteiger partial charge in [0, 0.05) is 43.9 Å². The number of furan rings is 1. The standard InChI is InChI=1S/C46H28N2O/c1-3-15-34-29(11-1)25-26-41-44(34)39-18-5-7-21-40(39)47(43-28-32-24-23-30-12-2-4-16-35(30)45(32)48(41)43)33-14-9-13-31(27-33)36-19-10-20-38-37-17-6-8-22-42(37)49-46(36)38/h1-28H. The summed E-state index contributed by atoms with van der Waals surface area (Å²) in [6.07, 6.45) is 0. The van der Waals surface area contributed by atoms with E-state index in [4.69, 9.17) is 4.42 Å². The average Bonchev–Trinajstić information content (AvgIpc) is 3.71. The van der Waals surface area contributed by atoms with Gasteiger partial charge in [0.25, 0.3) is 0 Å². The predicted octanol–water partition coefficient (Wildman–Crippen LogP) is 13.0. The van der Waals surface area contributed by atoms with Crippen molar-refractivity contribution in [2.45, 2.75) is 0 Å². The molecule has 8 aromatic carbocycles. The second kappa shape index (κ2) is 9.96. The molecular formula is C46H28N2O. The van der Waals surface area contributed by atoms with Crippen LogP contribution in [0.4, 0.5) is 17.2 Å². The molecule has 0 fully saturated rings. The molecule has 228 valence electrons. The maximum atomic E-state index is 6.50. The van der Waals surface area contributed by atoms with Crippen molar-refractivity contribution in [1.82, 2.24) is 4.57 Å². The van der Waals surface area contributed by atoms with Gasteiger partial charge in [0.1, 0.15) is 17.0 Å². The molecule has 10 aromatic rings. The van der Waals surface area contributed by atoms with Crippen molar-refractivity contribution in [2.75, 3.05) is 4.90 Å². The van der Waals surface area contributed by atoms with Crippen LogP contribution in [0.2, 0.25) is 0 Å². The molecule has 0 saturated carbocycles. The van der Waals surface area contributed by atoms with Crippen LogP contribution in [-0.4, -0.2) is 4.57 Å². The first-order chi connectivity index (χ1) is 24.3. The quantitative estimate of drug-likeness (QED) is 0.191. The summed E-state index contributed by atoms with van der Waals surface area (Å²) in [5.74, 6) is 1.10. The monoisotopic (exact) mass is 624 g/mol. The largest absolute Gasteiger partial charge is 0.455 e. The van der Waals surface area contributed by atoms with Crippen LogP contribution < -0.4 is 4.90 Å². The van der Waals surface area contributed by atoms with Gasteiger partial charge in [0.05, 0.1) is 16.9 Å². The number of rotatable bonds is 2. The first-order valence-corrected chi connectivity index (χ1v) is 16.8. The highest BCUT2D eigenvalue weighted by Gasteiger charge is 2.30. The lowest BCUT2D eigenvalue weighted by atomic mass is 9.94. The van der Waals surface area contributed by atoms with E-state index in [1.54, 1.807) is 0 Å². The number of anilines is 3. The minimum atomic E-state index is 0.907. The number of para-hydroxylation sites is 3. The van der Waals surface area contributed by atoms with Crippen molar-refractivity contribution in [3.63, 3.8) is 0 Å². The summed E-state index contributed by atoms with van der Waals surface area (Å²) >= 11 is 0. The van der Waals surface area contributed by atoms with Crippen LogP contribution in [0.3, 0.4) is 0 Å². The zero-order valence-corrected chi connectivity index (χ0v) is 26.5. The molecule has 0 unspecified atom stereocenters. The third kappa shape index (κ3) is 3.73. The van der Waals surface area contributed by atoms with Crippen LogP contribution in [0, 0.1) is 0 Å². The van der Waals surface area contributed by atoms with Gasteiger partial charge in [0.2, 0.25) is 0 Å². The molecule has 1 aliphatic rings. The number of aromatic nitrogens is 1. The molecule has 0 atom stereocenters. The maximum Gasteiger partial charge on any atom is 0.143 e. The second-order valence-corrected chi connectivity index (χ2v) is 12.9. The molecule has 49 heavy (non-hydrogen) atoms. The SMILES string of the molecule is c1cc(-c2cccc3c2oc2ccccc23)cc(N2c3ccccc3-c3c(ccc4ccccc34)-n3c2cc2ccc4ccccc4c23)c1. The van der Waals surface area contributed by atoms with Gasteiger partial charge in [-0.2, -0.15) is 0 Å². The molecule has 3 nitrogen and oxygen atoms in total. The smallest absolute Gasteiger partial charge is 0.143 e. The molecule has 11 rings (SSSR count). The average molecular weight is 625 g/mol. The lowest BCUT2D eigenvalue weighted by Crippen LogP contribution is -2.13. The Hall–Kier alpha value is -6.58. The fourth-order valence-electron chi connectivity index (χ4n) is 8.16. The van der Waals surface area contributed by atoms with Crippen molar-refractivity contribution in [3.8, 4) is 27.9 Å². The highest BCUT2D eigenvalue weighted by atomic mass is 16.3. The second-order valence-electron chi connectivity index (χ2n) is 12.9. The Morgan fingerprint density at radius 3 is 2.02 bits per heavy atom.